The van der Waals surface area contributed by atoms with E-state index in [2.05, 4.69) is 20.6 Å². The Morgan fingerprint density at radius 3 is 2.81 bits per heavy atom. The van der Waals surface area contributed by atoms with Crippen molar-refractivity contribution >= 4 is 27.2 Å². The molecule has 136 valence electrons. The van der Waals surface area contributed by atoms with Gasteiger partial charge in [0.25, 0.3) is 5.91 Å². The fraction of sp³-hybridized carbons (Fsp3) is 0.312. The van der Waals surface area contributed by atoms with E-state index in [1.54, 1.807) is 18.2 Å². The van der Waals surface area contributed by atoms with Gasteiger partial charge >= 0.3 is 0 Å². The van der Waals surface area contributed by atoms with Crippen molar-refractivity contribution in [1.29, 1.82) is 0 Å². The summed E-state index contributed by atoms with van der Waals surface area (Å²) in [5.41, 5.74) is 0.883. The van der Waals surface area contributed by atoms with Crippen molar-refractivity contribution in [2.75, 3.05) is 23.6 Å². The minimum Gasteiger partial charge on any atom is -0.454 e. The van der Waals surface area contributed by atoms with Crippen LogP contribution in [0.5, 0.6) is 11.5 Å². The van der Waals surface area contributed by atoms with Crippen LogP contribution in [-0.2, 0) is 9.84 Å². The number of benzene rings is 1. The molecule has 9 nitrogen and oxygen atoms in total. The lowest BCUT2D eigenvalue weighted by Crippen LogP contribution is -2.36. The summed E-state index contributed by atoms with van der Waals surface area (Å²) >= 11 is 0. The number of nitrogens with zero attached hydrogens (tertiary/aromatic N) is 2. The van der Waals surface area contributed by atoms with Gasteiger partial charge in [0, 0.05) is 23.9 Å². The summed E-state index contributed by atoms with van der Waals surface area (Å²) in [5, 5.41) is 5.78. The zero-order chi connectivity index (χ0) is 18.1. The summed E-state index contributed by atoms with van der Waals surface area (Å²) in [6, 6.07) is 6.48. The van der Waals surface area contributed by atoms with Crippen LogP contribution in [0.25, 0.3) is 0 Å². The molecule has 1 aromatic carbocycles. The van der Waals surface area contributed by atoms with Crippen LogP contribution in [0.4, 0.5) is 11.5 Å². The molecular weight excluding hydrogens is 360 g/mol. The molecule has 0 aliphatic carbocycles. The van der Waals surface area contributed by atoms with E-state index in [1.807, 2.05) is 0 Å². The summed E-state index contributed by atoms with van der Waals surface area (Å²) in [7, 11) is -3.06. The maximum atomic E-state index is 12.3. The number of aromatic nitrogens is 2. The molecule has 1 amide bonds. The highest BCUT2D eigenvalue weighted by Gasteiger charge is 2.29. The van der Waals surface area contributed by atoms with Crippen LogP contribution in [0.15, 0.2) is 30.6 Å². The monoisotopic (exact) mass is 376 g/mol. The van der Waals surface area contributed by atoms with Gasteiger partial charge < -0.3 is 20.1 Å². The average Bonchev–Trinajstić information content (AvgIpc) is 3.20. The van der Waals surface area contributed by atoms with Crippen molar-refractivity contribution in [3.05, 3.63) is 36.3 Å². The quantitative estimate of drug-likeness (QED) is 0.806. The highest BCUT2D eigenvalue weighted by molar-refractivity contribution is 7.91. The van der Waals surface area contributed by atoms with Gasteiger partial charge in [0.2, 0.25) is 6.79 Å². The van der Waals surface area contributed by atoms with Crippen molar-refractivity contribution in [2.24, 2.45) is 0 Å². The molecule has 1 atom stereocenters. The number of fused-ring (bicyclic) bond motifs is 1. The van der Waals surface area contributed by atoms with Gasteiger partial charge in [-0.1, -0.05) is 0 Å². The molecule has 26 heavy (non-hydrogen) atoms. The highest BCUT2D eigenvalue weighted by atomic mass is 32.2. The van der Waals surface area contributed by atoms with E-state index in [1.165, 1.54) is 12.4 Å². The van der Waals surface area contributed by atoms with Gasteiger partial charge in [0.05, 0.1) is 11.5 Å². The number of rotatable bonds is 4. The first-order valence-corrected chi connectivity index (χ1v) is 9.81. The normalized spacial score (nSPS) is 19.9. The zero-order valence-electron chi connectivity index (χ0n) is 13.6. The van der Waals surface area contributed by atoms with Gasteiger partial charge in [-0.15, -0.1) is 0 Å². The van der Waals surface area contributed by atoms with Gasteiger partial charge in [-0.2, -0.15) is 0 Å². The van der Waals surface area contributed by atoms with Crippen molar-refractivity contribution in [3.8, 4) is 11.5 Å². The molecular formula is C16H16N4O5S. The van der Waals surface area contributed by atoms with Crippen molar-refractivity contribution in [3.63, 3.8) is 0 Å². The number of nitrogens with one attached hydrogen (secondary N) is 2. The fourth-order valence-corrected chi connectivity index (χ4v) is 4.51. The molecule has 10 heteroatoms. The predicted molar refractivity (Wildman–Crippen MR) is 92.4 cm³/mol. The lowest BCUT2D eigenvalue weighted by Gasteiger charge is -2.11. The molecule has 2 N–H and O–H groups in total. The third-order valence-corrected chi connectivity index (χ3v) is 5.88. The summed E-state index contributed by atoms with van der Waals surface area (Å²) in [6.07, 6.45) is 1.69. The van der Waals surface area contributed by atoms with Gasteiger partial charge in [-0.05, 0) is 18.6 Å². The Labute approximate surface area is 149 Å². The van der Waals surface area contributed by atoms with Crippen molar-refractivity contribution in [2.45, 2.75) is 12.5 Å². The highest BCUT2D eigenvalue weighted by Crippen LogP contribution is 2.34. The first kappa shape index (κ1) is 16.6. The Morgan fingerprint density at radius 2 is 2.00 bits per heavy atom. The number of sulfone groups is 1. The molecule has 1 unspecified atom stereocenters. The van der Waals surface area contributed by atoms with E-state index in [4.69, 9.17) is 9.47 Å². The molecule has 2 aromatic rings. The van der Waals surface area contributed by atoms with Gasteiger partial charge in [0.15, 0.2) is 21.3 Å². The Bertz CT molecular complexity index is 963. The molecule has 0 radical (unpaired) electrons. The standard InChI is InChI=1S/C16H16N4O5S/c21-16(20-11-3-4-26(22,23)7-11)12-6-15(18-8-17-12)19-10-1-2-13-14(5-10)25-9-24-13/h1-2,5-6,8,11H,3-4,7,9H2,(H,20,21)(H,17,18,19). The molecule has 0 saturated carbocycles. The number of carbonyl (C=O) groups is 1. The number of ether oxygens (including phenoxy) is 2. The fourth-order valence-electron chi connectivity index (χ4n) is 2.84. The molecule has 2 aliphatic rings. The SMILES string of the molecule is O=C(NC1CCS(=O)(=O)C1)c1cc(Nc2ccc3c(c2)OCO3)ncn1. The van der Waals surface area contributed by atoms with Gasteiger partial charge in [0.1, 0.15) is 17.8 Å². The largest absolute Gasteiger partial charge is 0.454 e. The number of hydrogen-bond acceptors (Lipinski definition) is 8. The van der Waals surface area contributed by atoms with E-state index in [9.17, 15) is 13.2 Å². The molecule has 4 rings (SSSR count). The van der Waals surface area contributed by atoms with Crippen LogP contribution < -0.4 is 20.1 Å². The Kier molecular flexibility index (Phi) is 4.11. The lowest BCUT2D eigenvalue weighted by atomic mass is 10.2. The van der Waals surface area contributed by atoms with Gasteiger partial charge in [-0.25, -0.2) is 18.4 Å². The molecule has 3 heterocycles. The van der Waals surface area contributed by atoms with E-state index in [-0.39, 0.29) is 30.0 Å². The maximum Gasteiger partial charge on any atom is 0.270 e. The second-order valence-electron chi connectivity index (χ2n) is 6.05. The van der Waals surface area contributed by atoms with Crippen LogP contribution >= 0.6 is 0 Å². The second-order valence-corrected chi connectivity index (χ2v) is 8.28. The molecule has 1 fully saturated rings. The molecule has 0 spiro atoms. The molecule has 1 saturated heterocycles. The van der Waals surface area contributed by atoms with Crippen LogP contribution in [-0.4, -0.2) is 48.6 Å². The topological polar surface area (TPSA) is 120 Å². The minimum absolute atomic E-state index is 0.0356. The summed E-state index contributed by atoms with van der Waals surface area (Å²) in [6.45, 7) is 0.188. The van der Waals surface area contributed by atoms with Crippen LogP contribution in [0, 0.1) is 0 Å². The third kappa shape index (κ3) is 3.54. The summed E-state index contributed by atoms with van der Waals surface area (Å²) in [5.74, 6) is 1.37. The molecule has 2 aliphatic heterocycles. The second kappa shape index (κ2) is 6.45. The third-order valence-electron chi connectivity index (χ3n) is 4.11. The average molecular weight is 376 g/mol. The van der Waals surface area contributed by atoms with Crippen molar-refractivity contribution in [1.82, 2.24) is 15.3 Å². The number of amides is 1. The zero-order valence-corrected chi connectivity index (χ0v) is 14.5. The Hall–Kier alpha value is -2.88. The summed E-state index contributed by atoms with van der Waals surface area (Å²) < 4.78 is 33.6. The first-order chi connectivity index (χ1) is 12.5. The predicted octanol–water partition coefficient (Wildman–Crippen LogP) is 0.866. The number of anilines is 2. The van der Waals surface area contributed by atoms with Crippen LogP contribution in [0.2, 0.25) is 0 Å². The van der Waals surface area contributed by atoms with E-state index in [0.29, 0.717) is 23.7 Å². The smallest absolute Gasteiger partial charge is 0.270 e. The number of hydrogen-bond donors (Lipinski definition) is 2. The minimum atomic E-state index is -3.06. The number of carbonyl (C=O) groups excluding carboxylic acids is 1. The van der Waals surface area contributed by atoms with Crippen molar-refractivity contribution < 1.29 is 22.7 Å². The van der Waals surface area contributed by atoms with E-state index < -0.39 is 15.7 Å². The molecule has 0 bridgehead atoms. The Balaban J connectivity index is 1.45. The molecule has 1 aromatic heterocycles. The van der Waals surface area contributed by atoms with E-state index in [0.717, 1.165) is 5.69 Å². The Morgan fingerprint density at radius 1 is 1.15 bits per heavy atom. The van der Waals surface area contributed by atoms with Crippen LogP contribution in [0.1, 0.15) is 16.9 Å². The van der Waals surface area contributed by atoms with Gasteiger partial charge in [-0.3, -0.25) is 4.79 Å². The van der Waals surface area contributed by atoms with Crippen LogP contribution in [0.3, 0.4) is 0 Å². The summed E-state index contributed by atoms with van der Waals surface area (Å²) in [4.78, 5) is 20.4. The first-order valence-electron chi connectivity index (χ1n) is 7.98. The maximum absolute atomic E-state index is 12.3. The van der Waals surface area contributed by atoms with E-state index >= 15 is 0 Å². The lowest BCUT2D eigenvalue weighted by molar-refractivity contribution is 0.0936.